The number of H-pyrrole nitrogens is 1. The highest BCUT2D eigenvalue weighted by atomic mass is 15.3. The fraction of sp³-hybridized carbons (Fsp3) is 0.750. The van der Waals surface area contributed by atoms with E-state index in [0.717, 1.165) is 49.0 Å². The molecule has 6 heteroatoms. The molecule has 0 radical (unpaired) electrons. The quantitative estimate of drug-likeness (QED) is 0.832. The number of likely N-dealkylation sites (tertiary alicyclic amines) is 1. The Morgan fingerprint density at radius 2 is 1.96 bits per heavy atom. The van der Waals surface area contributed by atoms with Gasteiger partial charge in [-0.3, -0.25) is 14.7 Å². The predicted octanol–water partition coefficient (Wildman–Crippen LogP) is 2.91. The monoisotopic (exact) mass is 352 g/mol. The molecule has 0 amide bonds. The van der Waals surface area contributed by atoms with E-state index in [9.17, 15) is 0 Å². The molecule has 2 aromatic heterocycles. The zero-order chi connectivity index (χ0) is 17.1. The number of rotatable bonds is 7. The van der Waals surface area contributed by atoms with Gasteiger partial charge in [-0.05, 0) is 62.3 Å². The van der Waals surface area contributed by atoms with Crippen LogP contribution in [0.15, 0.2) is 12.3 Å². The molecular weight excluding hydrogens is 324 g/mol. The van der Waals surface area contributed by atoms with Crippen molar-refractivity contribution >= 4 is 0 Å². The lowest BCUT2D eigenvalue weighted by Crippen LogP contribution is -2.23. The summed E-state index contributed by atoms with van der Waals surface area (Å²) in [5, 5.41) is 12.4. The van der Waals surface area contributed by atoms with Crippen LogP contribution in [0.1, 0.15) is 67.7 Å². The third-order valence-corrected chi connectivity index (χ3v) is 6.80. The summed E-state index contributed by atoms with van der Waals surface area (Å²) in [5.74, 6) is 5.89. The fourth-order valence-corrected chi connectivity index (χ4v) is 4.74. The van der Waals surface area contributed by atoms with Gasteiger partial charge < -0.3 is 0 Å². The first kappa shape index (κ1) is 15.4. The minimum atomic E-state index is 0.530. The van der Waals surface area contributed by atoms with E-state index in [2.05, 4.69) is 30.9 Å². The largest absolute Gasteiger partial charge is 0.296 e. The fourth-order valence-electron chi connectivity index (χ4n) is 4.74. The molecule has 6 nitrogen and oxygen atoms in total. The standard InChI is InChI=1S/C20H28N6/c1-2-13(1)9-26-16(7-8-21-26)10-25-11-17(14-3-4-14)18(12-25)20-22-19(23-24-20)15-5-6-15/h7-8,13-15,17-18H,1-6,9-12H2,(H,22,23,24)/t17-,18+/m1/s1. The Morgan fingerprint density at radius 1 is 1.08 bits per heavy atom. The lowest BCUT2D eigenvalue weighted by Gasteiger charge is -2.16. The highest BCUT2D eigenvalue weighted by Crippen LogP contribution is 2.47. The topological polar surface area (TPSA) is 62.6 Å². The lowest BCUT2D eigenvalue weighted by atomic mass is 9.91. The van der Waals surface area contributed by atoms with Gasteiger partial charge >= 0.3 is 0 Å². The third kappa shape index (κ3) is 2.98. The van der Waals surface area contributed by atoms with Gasteiger partial charge in [0.2, 0.25) is 0 Å². The molecule has 3 aliphatic carbocycles. The number of aromatic nitrogens is 5. The molecule has 6 rings (SSSR count). The SMILES string of the molecule is c1cc(CN2C[C@H](c3nc(C4CC4)n[nH]3)[C@@H](C3CC3)C2)n(CC2CC2)n1. The van der Waals surface area contributed by atoms with E-state index in [-0.39, 0.29) is 0 Å². The van der Waals surface area contributed by atoms with Crippen molar-refractivity contribution in [1.29, 1.82) is 0 Å². The van der Waals surface area contributed by atoms with Crippen LogP contribution in [0, 0.1) is 17.8 Å². The van der Waals surface area contributed by atoms with Crippen molar-refractivity contribution in [2.45, 2.75) is 63.5 Å². The summed E-state index contributed by atoms with van der Waals surface area (Å²) >= 11 is 0. The van der Waals surface area contributed by atoms with Crippen molar-refractivity contribution in [2.75, 3.05) is 13.1 Å². The summed E-state index contributed by atoms with van der Waals surface area (Å²) in [5.41, 5.74) is 1.38. The van der Waals surface area contributed by atoms with Gasteiger partial charge in [-0.25, -0.2) is 4.98 Å². The van der Waals surface area contributed by atoms with Gasteiger partial charge in [-0.1, -0.05) is 0 Å². The third-order valence-electron chi connectivity index (χ3n) is 6.80. The molecular formula is C20H28N6. The Bertz CT molecular complexity index is 782. The zero-order valence-electron chi connectivity index (χ0n) is 15.3. The van der Waals surface area contributed by atoms with E-state index in [1.165, 1.54) is 50.8 Å². The Morgan fingerprint density at radius 3 is 2.73 bits per heavy atom. The van der Waals surface area contributed by atoms with Gasteiger partial charge in [0.25, 0.3) is 0 Å². The predicted molar refractivity (Wildman–Crippen MR) is 97.5 cm³/mol. The van der Waals surface area contributed by atoms with Crippen LogP contribution in [-0.2, 0) is 13.1 Å². The van der Waals surface area contributed by atoms with Gasteiger partial charge in [0.1, 0.15) is 5.82 Å². The average Bonchev–Trinajstić information content (AvgIpc) is 3.58. The van der Waals surface area contributed by atoms with Crippen LogP contribution in [-0.4, -0.2) is 43.0 Å². The van der Waals surface area contributed by atoms with Crippen LogP contribution in [0.25, 0.3) is 0 Å². The van der Waals surface area contributed by atoms with E-state index in [0.29, 0.717) is 11.8 Å². The number of hydrogen-bond donors (Lipinski definition) is 1. The molecule has 0 aromatic carbocycles. The molecule has 1 N–H and O–H groups in total. The van der Waals surface area contributed by atoms with Gasteiger partial charge in [0.15, 0.2) is 5.82 Å². The zero-order valence-corrected chi connectivity index (χ0v) is 15.3. The molecule has 1 saturated heterocycles. The summed E-state index contributed by atoms with van der Waals surface area (Å²) < 4.78 is 2.25. The number of nitrogens with zero attached hydrogens (tertiary/aromatic N) is 5. The summed E-state index contributed by atoms with van der Waals surface area (Å²) in [6, 6.07) is 2.21. The van der Waals surface area contributed by atoms with Crippen LogP contribution in [0.5, 0.6) is 0 Å². The van der Waals surface area contributed by atoms with E-state index in [1.54, 1.807) is 0 Å². The highest BCUT2D eigenvalue weighted by Gasteiger charge is 2.44. The first-order valence-electron chi connectivity index (χ1n) is 10.5. The maximum atomic E-state index is 4.90. The molecule has 26 heavy (non-hydrogen) atoms. The number of nitrogens with one attached hydrogen (secondary N) is 1. The van der Waals surface area contributed by atoms with Crippen molar-refractivity contribution < 1.29 is 0 Å². The maximum absolute atomic E-state index is 4.90. The summed E-state index contributed by atoms with van der Waals surface area (Å²) in [6.07, 6.45) is 10.1. The Balaban J connectivity index is 1.18. The minimum Gasteiger partial charge on any atom is -0.296 e. The van der Waals surface area contributed by atoms with Crippen molar-refractivity contribution in [3.8, 4) is 0 Å². The van der Waals surface area contributed by atoms with Crippen molar-refractivity contribution in [2.24, 2.45) is 17.8 Å². The lowest BCUT2D eigenvalue weighted by molar-refractivity contribution is 0.297. The number of aromatic amines is 1. The highest BCUT2D eigenvalue weighted by molar-refractivity contribution is 5.13. The molecule has 0 bridgehead atoms. The molecule has 0 unspecified atom stereocenters. The van der Waals surface area contributed by atoms with Crippen LogP contribution >= 0.6 is 0 Å². The summed E-state index contributed by atoms with van der Waals surface area (Å²) in [4.78, 5) is 7.53. The summed E-state index contributed by atoms with van der Waals surface area (Å²) in [6.45, 7) is 4.44. The second-order valence-electron chi connectivity index (χ2n) is 9.10. The van der Waals surface area contributed by atoms with E-state index >= 15 is 0 Å². The molecule has 4 aliphatic rings. The molecule has 4 fully saturated rings. The van der Waals surface area contributed by atoms with Gasteiger partial charge in [-0.2, -0.15) is 10.2 Å². The van der Waals surface area contributed by atoms with Crippen LogP contribution in [0.2, 0.25) is 0 Å². The van der Waals surface area contributed by atoms with Gasteiger partial charge in [0, 0.05) is 44.2 Å². The molecule has 3 saturated carbocycles. The van der Waals surface area contributed by atoms with Crippen LogP contribution in [0.3, 0.4) is 0 Å². The Kier molecular flexibility index (Phi) is 3.49. The molecule has 2 atom stereocenters. The second-order valence-corrected chi connectivity index (χ2v) is 9.10. The number of hydrogen-bond acceptors (Lipinski definition) is 4. The normalized spacial score (nSPS) is 29.5. The molecule has 2 aromatic rings. The molecule has 1 aliphatic heterocycles. The van der Waals surface area contributed by atoms with Crippen molar-refractivity contribution in [3.05, 3.63) is 29.6 Å². The summed E-state index contributed by atoms with van der Waals surface area (Å²) in [7, 11) is 0. The van der Waals surface area contributed by atoms with Gasteiger partial charge in [-0.15, -0.1) is 0 Å². The minimum absolute atomic E-state index is 0.530. The van der Waals surface area contributed by atoms with Crippen molar-refractivity contribution in [3.63, 3.8) is 0 Å². The van der Waals surface area contributed by atoms with Crippen molar-refractivity contribution in [1.82, 2.24) is 29.9 Å². The van der Waals surface area contributed by atoms with E-state index < -0.39 is 0 Å². The Labute approximate surface area is 154 Å². The molecule has 0 spiro atoms. The van der Waals surface area contributed by atoms with Crippen LogP contribution in [0.4, 0.5) is 0 Å². The van der Waals surface area contributed by atoms with Gasteiger partial charge in [0.05, 0.1) is 5.69 Å². The first-order valence-corrected chi connectivity index (χ1v) is 10.5. The van der Waals surface area contributed by atoms with E-state index in [1.807, 2.05) is 6.20 Å². The average molecular weight is 352 g/mol. The second kappa shape index (κ2) is 5.91. The van der Waals surface area contributed by atoms with Crippen LogP contribution < -0.4 is 0 Å². The molecule has 3 heterocycles. The molecule has 138 valence electrons. The Hall–Kier alpha value is -1.69. The van der Waals surface area contributed by atoms with E-state index in [4.69, 9.17) is 4.98 Å². The first-order chi connectivity index (χ1) is 12.8. The maximum Gasteiger partial charge on any atom is 0.153 e. The smallest absolute Gasteiger partial charge is 0.153 e.